The van der Waals surface area contributed by atoms with Crippen LogP contribution in [-0.4, -0.2) is 47.9 Å². The monoisotopic (exact) mass is 369 g/mol. The molecule has 0 amide bonds. The van der Waals surface area contributed by atoms with E-state index in [1.165, 1.54) is 11.3 Å². The Balaban J connectivity index is 1.60. The second-order valence-electron chi connectivity index (χ2n) is 7.57. The summed E-state index contributed by atoms with van der Waals surface area (Å²) < 4.78 is 2.07. The molecule has 0 bridgehead atoms. The predicted octanol–water partition coefficient (Wildman–Crippen LogP) is 2.15. The highest BCUT2D eigenvalue weighted by Gasteiger charge is 2.23. The van der Waals surface area contributed by atoms with E-state index in [2.05, 4.69) is 51.4 Å². The number of aromatic nitrogens is 3. The van der Waals surface area contributed by atoms with E-state index < -0.39 is 0 Å². The standard InChI is InChI=1S/C20H31N7/c1-14(2)27-13-16-8-9-17(11-18(16)25-27)24-20(21-3)23-12-15-7-6-10-22-19(15)26(4)5/h6-7,10,13-14,17H,8-9,11-12H2,1-5H3,(H2,21,23,24). The summed E-state index contributed by atoms with van der Waals surface area (Å²) in [5.41, 5.74) is 3.74. The number of hydrogen-bond acceptors (Lipinski definition) is 4. The minimum absolute atomic E-state index is 0.349. The number of nitrogens with zero attached hydrogens (tertiary/aromatic N) is 5. The Morgan fingerprint density at radius 3 is 2.93 bits per heavy atom. The van der Waals surface area contributed by atoms with Crippen LogP contribution in [0, 0.1) is 0 Å². The smallest absolute Gasteiger partial charge is 0.191 e. The Morgan fingerprint density at radius 1 is 1.41 bits per heavy atom. The Hall–Kier alpha value is -2.57. The van der Waals surface area contributed by atoms with Crippen LogP contribution in [0.25, 0.3) is 0 Å². The number of nitrogens with one attached hydrogen (secondary N) is 2. The Labute approximate surface area is 161 Å². The van der Waals surface area contributed by atoms with E-state index in [1.54, 1.807) is 0 Å². The van der Waals surface area contributed by atoms with Crippen LogP contribution in [0.4, 0.5) is 5.82 Å². The minimum atomic E-state index is 0.349. The van der Waals surface area contributed by atoms with E-state index in [0.717, 1.165) is 36.6 Å². The van der Waals surface area contributed by atoms with Crippen molar-refractivity contribution in [2.24, 2.45) is 4.99 Å². The van der Waals surface area contributed by atoms with Crippen LogP contribution in [0.1, 0.15) is 43.1 Å². The van der Waals surface area contributed by atoms with Gasteiger partial charge < -0.3 is 15.5 Å². The third kappa shape index (κ3) is 4.59. The zero-order chi connectivity index (χ0) is 19.4. The highest BCUT2D eigenvalue weighted by molar-refractivity contribution is 5.80. The number of guanidine groups is 1. The van der Waals surface area contributed by atoms with Gasteiger partial charge in [-0.2, -0.15) is 5.10 Å². The Bertz CT molecular complexity index is 791. The lowest BCUT2D eigenvalue weighted by molar-refractivity contribution is 0.499. The summed E-state index contributed by atoms with van der Waals surface area (Å²) in [6, 6.07) is 4.81. The second-order valence-corrected chi connectivity index (χ2v) is 7.57. The van der Waals surface area contributed by atoms with Crippen LogP contribution in [-0.2, 0) is 19.4 Å². The van der Waals surface area contributed by atoms with Crippen LogP contribution in [0.2, 0.25) is 0 Å². The predicted molar refractivity (Wildman–Crippen MR) is 110 cm³/mol. The fraction of sp³-hybridized carbons (Fsp3) is 0.550. The number of hydrogen-bond donors (Lipinski definition) is 2. The SMILES string of the molecule is CN=C(NCc1cccnc1N(C)C)NC1CCc2cn(C(C)C)nc2C1. The zero-order valence-corrected chi connectivity index (χ0v) is 17.0. The molecule has 0 saturated heterocycles. The third-order valence-electron chi connectivity index (χ3n) is 4.93. The van der Waals surface area contributed by atoms with Crippen molar-refractivity contribution < 1.29 is 0 Å². The topological polar surface area (TPSA) is 70.4 Å². The summed E-state index contributed by atoms with van der Waals surface area (Å²) in [5.74, 6) is 1.79. The summed E-state index contributed by atoms with van der Waals surface area (Å²) in [4.78, 5) is 10.9. The van der Waals surface area contributed by atoms with Crippen molar-refractivity contribution in [2.45, 2.75) is 51.7 Å². The molecule has 0 radical (unpaired) electrons. The van der Waals surface area contributed by atoms with E-state index in [4.69, 9.17) is 5.10 Å². The van der Waals surface area contributed by atoms with Gasteiger partial charge in [0.1, 0.15) is 5.82 Å². The maximum atomic E-state index is 4.76. The molecule has 2 heterocycles. The van der Waals surface area contributed by atoms with E-state index in [0.29, 0.717) is 18.6 Å². The van der Waals surface area contributed by atoms with Gasteiger partial charge >= 0.3 is 0 Å². The number of fused-ring (bicyclic) bond motifs is 1. The van der Waals surface area contributed by atoms with Gasteiger partial charge in [0.15, 0.2) is 5.96 Å². The van der Waals surface area contributed by atoms with Gasteiger partial charge in [0.05, 0.1) is 5.69 Å². The van der Waals surface area contributed by atoms with Crippen molar-refractivity contribution in [3.63, 3.8) is 0 Å². The van der Waals surface area contributed by atoms with Crippen LogP contribution >= 0.6 is 0 Å². The number of aliphatic imine (C=N–C) groups is 1. The summed E-state index contributed by atoms with van der Waals surface area (Å²) in [5, 5.41) is 11.7. The maximum absolute atomic E-state index is 4.76. The molecule has 2 N–H and O–H groups in total. The molecule has 7 heteroatoms. The molecule has 0 spiro atoms. The highest BCUT2D eigenvalue weighted by Crippen LogP contribution is 2.21. The average molecular weight is 370 g/mol. The lowest BCUT2D eigenvalue weighted by atomic mass is 9.94. The molecule has 2 aromatic rings. The van der Waals surface area contributed by atoms with Gasteiger partial charge in [0.2, 0.25) is 0 Å². The number of rotatable bonds is 5. The van der Waals surface area contributed by atoms with Crippen molar-refractivity contribution in [2.75, 3.05) is 26.0 Å². The Kier molecular flexibility index (Phi) is 5.98. The zero-order valence-electron chi connectivity index (χ0n) is 17.0. The highest BCUT2D eigenvalue weighted by atomic mass is 15.3. The molecular weight excluding hydrogens is 338 g/mol. The quantitative estimate of drug-likeness (QED) is 0.624. The third-order valence-corrected chi connectivity index (χ3v) is 4.93. The molecule has 146 valence electrons. The minimum Gasteiger partial charge on any atom is -0.362 e. The van der Waals surface area contributed by atoms with Crippen molar-refractivity contribution >= 4 is 11.8 Å². The number of aryl methyl sites for hydroxylation is 1. The molecule has 7 nitrogen and oxygen atoms in total. The van der Waals surface area contributed by atoms with Gasteiger partial charge in [-0.3, -0.25) is 9.67 Å². The molecule has 27 heavy (non-hydrogen) atoms. The van der Waals surface area contributed by atoms with Crippen molar-refractivity contribution in [3.05, 3.63) is 41.3 Å². The second kappa shape index (κ2) is 8.41. The van der Waals surface area contributed by atoms with Gasteiger partial charge in [-0.15, -0.1) is 0 Å². The van der Waals surface area contributed by atoms with Crippen LogP contribution < -0.4 is 15.5 Å². The lowest BCUT2D eigenvalue weighted by Gasteiger charge is -2.25. The molecule has 1 atom stereocenters. The summed E-state index contributed by atoms with van der Waals surface area (Å²) in [6.45, 7) is 5.02. The molecule has 0 fully saturated rings. The van der Waals surface area contributed by atoms with Crippen molar-refractivity contribution in [1.82, 2.24) is 25.4 Å². The first-order chi connectivity index (χ1) is 13.0. The summed E-state index contributed by atoms with van der Waals surface area (Å²) in [7, 11) is 5.83. The molecule has 3 rings (SSSR count). The lowest BCUT2D eigenvalue weighted by Crippen LogP contribution is -2.45. The average Bonchev–Trinajstić information content (AvgIpc) is 3.09. The molecule has 1 unspecified atom stereocenters. The van der Waals surface area contributed by atoms with E-state index in [9.17, 15) is 0 Å². The number of anilines is 1. The summed E-state index contributed by atoms with van der Waals surface area (Å²) in [6.07, 6.45) is 7.11. The first-order valence-corrected chi connectivity index (χ1v) is 9.63. The number of pyridine rings is 1. The van der Waals surface area contributed by atoms with Crippen LogP contribution in [0.5, 0.6) is 0 Å². The molecular formula is C20H31N7. The first kappa shape index (κ1) is 19.2. The van der Waals surface area contributed by atoms with E-state index in [-0.39, 0.29) is 0 Å². The largest absolute Gasteiger partial charge is 0.362 e. The molecule has 2 aromatic heterocycles. The van der Waals surface area contributed by atoms with Gasteiger partial charge in [-0.05, 0) is 38.3 Å². The van der Waals surface area contributed by atoms with Crippen LogP contribution in [0.15, 0.2) is 29.5 Å². The molecule has 1 aliphatic carbocycles. The van der Waals surface area contributed by atoms with E-state index in [1.807, 2.05) is 38.3 Å². The molecule has 0 aliphatic heterocycles. The first-order valence-electron chi connectivity index (χ1n) is 9.63. The molecule has 1 aliphatic rings. The maximum Gasteiger partial charge on any atom is 0.191 e. The molecule has 0 saturated carbocycles. The fourth-order valence-corrected chi connectivity index (χ4v) is 3.44. The van der Waals surface area contributed by atoms with Crippen molar-refractivity contribution in [1.29, 1.82) is 0 Å². The van der Waals surface area contributed by atoms with Crippen molar-refractivity contribution in [3.8, 4) is 0 Å². The Morgan fingerprint density at radius 2 is 2.22 bits per heavy atom. The van der Waals surface area contributed by atoms with Crippen LogP contribution in [0.3, 0.4) is 0 Å². The summed E-state index contributed by atoms with van der Waals surface area (Å²) >= 11 is 0. The van der Waals surface area contributed by atoms with E-state index >= 15 is 0 Å². The normalized spacial score (nSPS) is 17.0. The van der Waals surface area contributed by atoms with Gasteiger partial charge in [0.25, 0.3) is 0 Å². The van der Waals surface area contributed by atoms with Gasteiger partial charge in [-0.1, -0.05) is 6.07 Å². The molecule has 0 aromatic carbocycles. The van der Waals surface area contributed by atoms with Gasteiger partial charge in [0, 0.05) is 64.1 Å². The fourth-order valence-electron chi connectivity index (χ4n) is 3.44. The van der Waals surface area contributed by atoms with Gasteiger partial charge in [-0.25, -0.2) is 4.98 Å².